The van der Waals surface area contributed by atoms with Crippen LogP contribution in [0.1, 0.15) is 169 Å². The van der Waals surface area contributed by atoms with Crippen LogP contribution in [0.5, 0.6) is 34.5 Å². The van der Waals surface area contributed by atoms with Gasteiger partial charge in [0.1, 0.15) is 34.5 Å². The van der Waals surface area contributed by atoms with Crippen molar-refractivity contribution in [2.24, 2.45) is 0 Å². The molecule has 3 aliphatic heterocycles. The second-order valence-corrected chi connectivity index (χ2v) is 30.0. The van der Waals surface area contributed by atoms with Gasteiger partial charge in [-0.1, -0.05) is 129 Å². The maximum Gasteiger partial charge on any atom is 0.632 e. The minimum absolute atomic E-state index is 0.0238. The second-order valence-electron chi connectivity index (χ2n) is 28.1. The molecule has 13 heteroatoms. The molecule has 0 atom stereocenters. The molecule has 0 bridgehead atoms. The molecule has 12 rings (SSSR count). The van der Waals surface area contributed by atoms with Crippen LogP contribution in [-0.4, -0.2) is 79.3 Å². The number of hydrogen-bond donors (Lipinski definition) is 0. The van der Waals surface area contributed by atoms with E-state index in [-0.39, 0.29) is 36.2 Å². The molecule has 9 aromatic rings. The minimum Gasteiger partial charge on any atom is -0.521 e. The predicted octanol–water partition coefficient (Wildman–Crippen LogP) is 19.4. The summed E-state index contributed by atoms with van der Waals surface area (Å²) in [6.07, 6.45) is 2.74. The third kappa shape index (κ3) is 12.9. The highest BCUT2D eigenvalue weighted by Crippen LogP contribution is 2.53. The van der Waals surface area contributed by atoms with Crippen molar-refractivity contribution < 1.29 is 37.8 Å². The Labute approximate surface area is 579 Å². The highest BCUT2D eigenvalue weighted by molar-refractivity contribution is 9.11. The van der Waals surface area contributed by atoms with E-state index in [4.69, 9.17) is 28.3 Å². The SMILES string of the molecule is Cc1cc(C2(c3cc(C)c(OC(C)C)c(C)c3)CCN(C(=O)c3cc4ccccc4c4c3OB(c3cc(Br)cc(Br)c3)Oc3c(C(=O)N5CCC(c6cc(C)c(OC(C)C)c(C)c6)(c6cc(C)c(OC(C)C)c(C)c6)CC5)cc5ccccc5c3-4)CC2)cc(C)c1OC(C)C. The topological polar surface area (TPSA) is 96.0 Å². The number of carbonyl (C=O) groups is 2. The van der Waals surface area contributed by atoms with Crippen LogP contribution in [0.15, 0.2) is 136 Å². The molecule has 2 fully saturated rings. The van der Waals surface area contributed by atoms with Crippen molar-refractivity contribution in [2.45, 2.75) is 172 Å². The van der Waals surface area contributed by atoms with Crippen molar-refractivity contribution in [1.82, 2.24) is 9.80 Å². The Morgan fingerprint density at radius 3 is 0.958 bits per heavy atom. The molecule has 3 heterocycles. The van der Waals surface area contributed by atoms with Crippen molar-refractivity contribution in [3.05, 3.63) is 214 Å². The normalized spacial score (nSPS) is 15.2. The maximum atomic E-state index is 16.3. The van der Waals surface area contributed by atoms with Crippen molar-refractivity contribution >= 4 is 77.8 Å². The number of likely N-dealkylation sites (tertiary alicyclic amines) is 2. The summed E-state index contributed by atoms with van der Waals surface area (Å²) < 4.78 is 42.2. The summed E-state index contributed by atoms with van der Waals surface area (Å²) in [6.45, 7) is 35.5. The molecule has 0 unspecified atom stereocenters. The van der Waals surface area contributed by atoms with E-state index >= 15 is 9.59 Å². The molecule has 9 aromatic carbocycles. The van der Waals surface area contributed by atoms with E-state index in [1.54, 1.807) is 0 Å². The average molecular weight is 1400 g/mol. The molecule has 2 amide bonds. The number of halogens is 2. The number of aryl methyl sites for hydroxylation is 8. The fraction of sp³-hybridized carbons (Fsp3) is 0.366. The van der Waals surface area contributed by atoms with Crippen molar-refractivity contribution in [2.75, 3.05) is 26.2 Å². The molecule has 0 radical (unpaired) electrons. The van der Waals surface area contributed by atoms with Gasteiger partial charge in [0, 0.05) is 62.5 Å². The van der Waals surface area contributed by atoms with Crippen LogP contribution in [0.4, 0.5) is 0 Å². The Balaban J connectivity index is 0.984. The van der Waals surface area contributed by atoms with Crippen LogP contribution in [0, 0.1) is 55.4 Å². The van der Waals surface area contributed by atoms with Crippen LogP contribution in [0.25, 0.3) is 32.7 Å². The lowest BCUT2D eigenvalue weighted by Gasteiger charge is -2.44. The van der Waals surface area contributed by atoms with E-state index in [9.17, 15) is 0 Å². The lowest BCUT2D eigenvalue weighted by atomic mass is 9.66. The molecule has 0 saturated carbocycles. The van der Waals surface area contributed by atoms with Gasteiger partial charge in [-0.25, -0.2) is 0 Å². The molecular formula is C82H89BBr2N2O8. The number of piperidine rings is 2. The Morgan fingerprint density at radius 2 is 0.684 bits per heavy atom. The quantitative estimate of drug-likeness (QED) is 0.0937. The lowest BCUT2D eigenvalue weighted by Crippen LogP contribution is -2.47. The number of nitrogens with zero attached hydrogens (tertiary/aromatic N) is 2. The van der Waals surface area contributed by atoms with Gasteiger partial charge in [-0.05, 0) is 255 Å². The number of fused-ring (bicyclic) bond motifs is 7. The Bertz CT molecular complexity index is 3990. The second kappa shape index (κ2) is 26.7. The zero-order valence-corrected chi connectivity index (χ0v) is 61.3. The largest absolute Gasteiger partial charge is 0.632 e. The molecule has 0 aliphatic carbocycles. The molecular weight excluding hydrogens is 1310 g/mol. The van der Waals surface area contributed by atoms with E-state index in [0.29, 0.717) is 91.1 Å². The number of hydrogen-bond acceptors (Lipinski definition) is 8. The van der Waals surface area contributed by atoms with Gasteiger partial charge >= 0.3 is 7.12 Å². The summed E-state index contributed by atoms with van der Waals surface area (Å²) in [5.74, 6) is 4.15. The number of carbonyl (C=O) groups excluding carboxylic acids is 2. The van der Waals surface area contributed by atoms with Gasteiger partial charge in [-0.3, -0.25) is 9.59 Å². The standard InChI is InChI=1S/C82H89BBr2N2O8/c1-46(2)90-73-50(9)33-60(34-51(73)10)81(61-35-52(11)74(53(12)36-61)91-47(3)4)25-29-86(30-26-81)79(88)69-41-58-21-17-19-23-67(58)71-72-68-24-20-18-22-59(68)42-70(78(72)95-83(94-77(69)71)64-43-65(84)45-66(85)44-64)80(89)87-31-27-82(28-32-87,62-37-54(13)75(55(14)38-62)92-48(5)6)63-39-56(15)76(57(16)40-63)93-49(7)8/h17-24,33-49H,25-32H2,1-16H3. The van der Waals surface area contributed by atoms with E-state index < -0.39 is 17.9 Å². The van der Waals surface area contributed by atoms with Crippen molar-refractivity contribution in [3.8, 4) is 45.6 Å². The average Bonchev–Trinajstić information content (AvgIpc) is 1.14. The molecule has 2 saturated heterocycles. The zero-order valence-electron chi connectivity index (χ0n) is 58.1. The predicted molar refractivity (Wildman–Crippen MR) is 394 cm³/mol. The number of ether oxygens (including phenoxy) is 4. The zero-order chi connectivity index (χ0) is 67.7. The Hall–Kier alpha value is -7.74. The van der Waals surface area contributed by atoms with E-state index in [1.165, 1.54) is 22.3 Å². The molecule has 0 N–H and O–H groups in total. The summed E-state index contributed by atoms with van der Waals surface area (Å²) in [7, 11) is -1.11. The van der Waals surface area contributed by atoms with Gasteiger partial charge in [0.15, 0.2) is 0 Å². The molecule has 95 heavy (non-hydrogen) atoms. The van der Waals surface area contributed by atoms with E-state index in [0.717, 1.165) is 98.0 Å². The highest BCUT2D eigenvalue weighted by atomic mass is 79.9. The third-order valence-electron chi connectivity index (χ3n) is 19.6. The van der Waals surface area contributed by atoms with Crippen LogP contribution >= 0.6 is 31.9 Å². The molecule has 3 aliphatic rings. The van der Waals surface area contributed by atoms with Gasteiger partial charge in [0.25, 0.3) is 11.8 Å². The van der Waals surface area contributed by atoms with Crippen LogP contribution in [0.3, 0.4) is 0 Å². The molecule has 0 aromatic heterocycles. The highest BCUT2D eigenvalue weighted by Gasteiger charge is 2.46. The van der Waals surface area contributed by atoms with Gasteiger partial charge < -0.3 is 38.1 Å². The van der Waals surface area contributed by atoms with E-state index in [1.807, 2.05) is 64.4 Å². The first-order valence-electron chi connectivity index (χ1n) is 33.9. The van der Waals surface area contributed by atoms with Crippen molar-refractivity contribution in [3.63, 3.8) is 0 Å². The fourth-order valence-corrected chi connectivity index (χ4v) is 16.7. The third-order valence-corrected chi connectivity index (χ3v) is 20.5. The Kier molecular flexibility index (Phi) is 18.9. The molecule has 0 spiro atoms. The van der Waals surface area contributed by atoms with Gasteiger partial charge in [0.05, 0.1) is 35.5 Å². The van der Waals surface area contributed by atoms with Crippen LogP contribution < -0.4 is 33.7 Å². The smallest absolute Gasteiger partial charge is 0.521 e. The van der Waals surface area contributed by atoms with Gasteiger partial charge in [0.2, 0.25) is 0 Å². The van der Waals surface area contributed by atoms with Crippen LogP contribution in [-0.2, 0) is 10.8 Å². The number of benzene rings is 9. The summed E-state index contributed by atoms with van der Waals surface area (Å²) in [4.78, 5) is 36.6. The van der Waals surface area contributed by atoms with Gasteiger partial charge in [-0.15, -0.1) is 0 Å². The monoisotopic (exact) mass is 1400 g/mol. The summed E-state index contributed by atoms with van der Waals surface area (Å²) >= 11 is 7.57. The maximum absolute atomic E-state index is 16.3. The Morgan fingerprint density at radius 1 is 0.411 bits per heavy atom. The molecule has 492 valence electrons. The number of amides is 2. The minimum atomic E-state index is -1.11. The summed E-state index contributed by atoms with van der Waals surface area (Å²) in [5, 5.41) is 3.46. The van der Waals surface area contributed by atoms with Gasteiger partial charge in [-0.2, -0.15) is 0 Å². The first-order valence-corrected chi connectivity index (χ1v) is 35.5. The summed E-state index contributed by atoms with van der Waals surface area (Å²) in [5.41, 5.74) is 15.5. The van der Waals surface area contributed by atoms with E-state index in [2.05, 4.69) is 215 Å². The number of rotatable bonds is 15. The van der Waals surface area contributed by atoms with Crippen molar-refractivity contribution in [1.29, 1.82) is 0 Å². The summed E-state index contributed by atoms with van der Waals surface area (Å²) in [6, 6.07) is 44.7. The fourth-order valence-electron chi connectivity index (χ4n) is 15.4. The van der Waals surface area contributed by atoms with Crippen LogP contribution in [0.2, 0.25) is 0 Å². The first-order chi connectivity index (χ1) is 45.2. The first kappa shape index (κ1) is 67.3. The molecule has 10 nitrogen and oxygen atoms in total. The lowest BCUT2D eigenvalue weighted by molar-refractivity contribution is 0.0676.